The number of rotatable bonds is 1. The highest BCUT2D eigenvalue weighted by molar-refractivity contribution is 14.1. The molecule has 0 atom stereocenters. The molecule has 0 aliphatic carbocycles. The minimum absolute atomic E-state index is 0.968. The van der Waals surface area contributed by atoms with Crippen molar-refractivity contribution in [1.82, 2.24) is 9.78 Å². The second-order valence-corrected chi connectivity index (χ2v) is 6.43. The maximum absolute atomic E-state index is 4.35. The molecule has 2 aromatic carbocycles. The predicted molar refractivity (Wildman–Crippen MR) is 89.8 cm³/mol. The normalized spacial score (nSPS) is 14.0. The highest BCUT2D eigenvalue weighted by Crippen LogP contribution is 2.33. The summed E-state index contributed by atoms with van der Waals surface area (Å²) in [7, 11) is 2.01. The Bertz CT molecular complexity index is 743. The Morgan fingerprint density at radius 2 is 1.65 bits per heavy atom. The van der Waals surface area contributed by atoms with Crippen molar-refractivity contribution in [3.05, 3.63) is 57.3 Å². The van der Waals surface area contributed by atoms with Crippen LogP contribution in [0.1, 0.15) is 11.1 Å². The van der Waals surface area contributed by atoms with Gasteiger partial charge in [0.15, 0.2) is 0 Å². The Morgan fingerprint density at radius 3 is 2.15 bits per heavy atom. The van der Waals surface area contributed by atoms with Crippen molar-refractivity contribution in [3.8, 4) is 0 Å². The Morgan fingerprint density at radius 1 is 1.05 bits per heavy atom. The minimum Gasteiger partial charge on any atom is -0.347 e. The quantitative estimate of drug-likeness (QED) is 0.605. The molecular weight excluding hydrogens is 361 g/mol. The molecule has 1 aliphatic rings. The predicted octanol–water partition coefficient (Wildman–Crippen LogP) is 3.70. The Labute approximate surface area is 131 Å². The van der Waals surface area contributed by atoms with Gasteiger partial charge < -0.3 is 4.90 Å². The fourth-order valence-electron chi connectivity index (χ4n) is 3.01. The average Bonchev–Trinajstić information content (AvgIpc) is 2.98. The van der Waals surface area contributed by atoms with Crippen LogP contribution in [-0.2, 0) is 20.1 Å². The molecule has 0 bridgehead atoms. The molecule has 0 radical (unpaired) electrons. The molecule has 20 heavy (non-hydrogen) atoms. The van der Waals surface area contributed by atoms with E-state index in [1.165, 1.54) is 31.3 Å². The van der Waals surface area contributed by atoms with Crippen LogP contribution in [0.25, 0.3) is 10.8 Å². The number of nitrogens with zero attached hydrogens (tertiary/aromatic N) is 3. The molecule has 0 unspecified atom stereocenters. The van der Waals surface area contributed by atoms with Crippen molar-refractivity contribution in [2.24, 2.45) is 7.05 Å². The number of aromatic nitrogens is 2. The molecule has 2 heterocycles. The van der Waals surface area contributed by atoms with E-state index in [4.69, 9.17) is 0 Å². The zero-order valence-corrected chi connectivity index (χ0v) is 13.3. The van der Waals surface area contributed by atoms with E-state index in [1.807, 2.05) is 17.9 Å². The Kier molecular flexibility index (Phi) is 2.73. The standard InChI is InChI=1S/C16H14IN3/c1-19-16(15(17)8-18-19)20-9-13-6-11-4-2-3-5-12(11)7-14(13)10-20/h2-8H,9-10H2,1H3. The summed E-state index contributed by atoms with van der Waals surface area (Å²) >= 11 is 2.36. The highest BCUT2D eigenvalue weighted by Gasteiger charge is 2.23. The van der Waals surface area contributed by atoms with Gasteiger partial charge in [-0.05, 0) is 56.6 Å². The maximum atomic E-state index is 4.35. The van der Waals surface area contributed by atoms with Crippen LogP contribution in [-0.4, -0.2) is 9.78 Å². The lowest BCUT2D eigenvalue weighted by molar-refractivity contribution is 0.720. The molecule has 100 valence electrons. The van der Waals surface area contributed by atoms with Crippen LogP contribution in [0.3, 0.4) is 0 Å². The molecule has 1 aromatic heterocycles. The lowest BCUT2D eigenvalue weighted by atomic mass is 10.0. The van der Waals surface area contributed by atoms with E-state index in [2.05, 4.69) is 69.0 Å². The van der Waals surface area contributed by atoms with Gasteiger partial charge in [0.2, 0.25) is 0 Å². The summed E-state index contributed by atoms with van der Waals surface area (Å²) in [5, 5.41) is 7.00. The smallest absolute Gasteiger partial charge is 0.140 e. The first-order valence-corrected chi connectivity index (χ1v) is 7.73. The van der Waals surface area contributed by atoms with Gasteiger partial charge in [0.25, 0.3) is 0 Å². The lowest BCUT2D eigenvalue weighted by Crippen LogP contribution is -2.18. The van der Waals surface area contributed by atoms with Gasteiger partial charge >= 0.3 is 0 Å². The molecule has 4 heteroatoms. The second-order valence-electron chi connectivity index (χ2n) is 5.26. The Balaban J connectivity index is 1.78. The summed E-state index contributed by atoms with van der Waals surface area (Å²) < 4.78 is 3.18. The summed E-state index contributed by atoms with van der Waals surface area (Å²) in [6.45, 7) is 1.94. The molecular formula is C16H14IN3. The SMILES string of the molecule is Cn1ncc(I)c1N1Cc2cc3ccccc3cc2C1. The summed E-state index contributed by atoms with van der Waals surface area (Å²) in [4.78, 5) is 2.40. The number of benzene rings is 2. The maximum Gasteiger partial charge on any atom is 0.140 e. The van der Waals surface area contributed by atoms with Crippen molar-refractivity contribution in [3.63, 3.8) is 0 Å². The van der Waals surface area contributed by atoms with E-state index in [1.54, 1.807) is 0 Å². The number of halogens is 1. The second kappa shape index (κ2) is 4.48. The van der Waals surface area contributed by atoms with Gasteiger partial charge in [0, 0.05) is 20.1 Å². The molecule has 1 aliphatic heterocycles. The van der Waals surface area contributed by atoms with E-state index in [-0.39, 0.29) is 0 Å². The van der Waals surface area contributed by atoms with E-state index in [0.717, 1.165) is 13.1 Å². The number of aryl methyl sites for hydroxylation is 1. The molecule has 4 rings (SSSR count). The first-order valence-electron chi connectivity index (χ1n) is 6.65. The van der Waals surface area contributed by atoms with E-state index in [0.29, 0.717) is 0 Å². The molecule has 3 aromatic rings. The highest BCUT2D eigenvalue weighted by atomic mass is 127. The van der Waals surface area contributed by atoms with Crippen LogP contribution >= 0.6 is 22.6 Å². The van der Waals surface area contributed by atoms with Crippen molar-refractivity contribution >= 4 is 39.2 Å². The van der Waals surface area contributed by atoms with Gasteiger partial charge in [-0.1, -0.05) is 24.3 Å². The third-order valence-electron chi connectivity index (χ3n) is 3.95. The van der Waals surface area contributed by atoms with Crippen LogP contribution < -0.4 is 4.90 Å². The first-order chi connectivity index (χ1) is 9.72. The molecule has 0 amide bonds. The van der Waals surface area contributed by atoms with Crippen LogP contribution in [0.4, 0.5) is 5.82 Å². The van der Waals surface area contributed by atoms with E-state index in [9.17, 15) is 0 Å². The van der Waals surface area contributed by atoms with Gasteiger partial charge in [-0.2, -0.15) is 5.10 Å². The topological polar surface area (TPSA) is 21.1 Å². The van der Waals surface area contributed by atoms with Gasteiger partial charge in [0.1, 0.15) is 5.82 Å². The van der Waals surface area contributed by atoms with Crippen molar-refractivity contribution in [2.75, 3.05) is 4.90 Å². The van der Waals surface area contributed by atoms with E-state index >= 15 is 0 Å². The number of hydrogen-bond donors (Lipinski definition) is 0. The Hall–Kier alpha value is -1.56. The van der Waals surface area contributed by atoms with Gasteiger partial charge in [-0.15, -0.1) is 0 Å². The number of hydrogen-bond acceptors (Lipinski definition) is 2. The van der Waals surface area contributed by atoms with Crippen LogP contribution in [0, 0.1) is 3.57 Å². The zero-order valence-electron chi connectivity index (χ0n) is 11.2. The molecule has 0 N–H and O–H groups in total. The molecule has 0 saturated carbocycles. The van der Waals surface area contributed by atoms with Crippen LogP contribution in [0.2, 0.25) is 0 Å². The zero-order chi connectivity index (χ0) is 13.7. The third kappa shape index (κ3) is 1.82. The number of fused-ring (bicyclic) bond motifs is 2. The summed E-state index contributed by atoms with van der Waals surface area (Å²) in [5.41, 5.74) is 2.86. The van der Waals surface area contributed by atoms with Crippen molar-refractivity contribution in [1.29, 1.82) is 0 Å². The fraction of sp³-hybridized carbons (Fsp3) is 0.188. The van der Waals surface area contributed by atoms with E-state index < -0.39 is 0 Å². The minimum atomic E-state index is 0.968. The van der Waals surface area contributed by atoms with Gasteiger partial charge in [0.05, 0.1) is 9.77 Å². The first kappa shape index (κ1) is 12.2. The van der Waals surface area contributed by atoms with Gasteiger partial charge in [-0.3, -0.25) is 4.68 Å². The monoisotopic (exact) mass is 375 g/mol. The van der Waals surface area contributed by atoms with Crippen molar-refractivity contribution < 1.29 is 0 Å². The van der Waals surface area contributed by atoms with Crippen LogP contribution in [0.5, 0.6) is 0 Å². The lowest BCUT2D eigenvalue weighted by Gasteiger charge is -2.18. The number of anilines is 1. The third-order valence-corrected chi connectivity index (χ3v) is 4.72. The molecule has 3 nitrogen and oxygen atoms in total. The summed E-state index contributed by atoms with van der Waals surface area (Å²) in [5.74, 6) is 1.21. The largest absolute Gasteiger partial charge is 0.347 e. The molecule has 0 spiro atoms. The average molecular weight is 375 g/mol. The van der Waals surface area contributed by atoms with Crippen molar-refractivity contribution in [2.45, 2.75) is 13.1 Å². The summed E-state index contributed by atoms with van der Waals surface area (Å²) in [6.07, 6.45) is 1.93. The van der Waals surface area contributed by atoms with Crippen LogP contribution in [0.15, 0.2) is 42.6 Å². The summed E-state index contributed by atoms with van der Waals surface area (Å²) in [6, 6.07) is 13.2. The fourth-order valence-corrected chi connectivity index (χ4v) is 3.82. The van der Waals surface area contributed by atoms with Gasteiger partial charge in [-0.25, -0.2) is 0 Å². The molecule has 0 saturated heterocycles. The molecule has 0 fully saturated rings.